The molecule has 0 saturated carbocycles. The molecule has 0 aliphatic carbocycles. The summed E-state index contributed by atoms with van der Waals surface area (Å²) in [6, 6.07) is 14.8. The highest BCUT2D eigenvalue weighted by atomic mass is 16.5. The van der Waals surface area contributed by atoms with Crippen LogP contribution in [0.5, 0.6) is 5.75 Å². The molecule has 6 heteroatoms. The van der Waals surface area contributed by atoms with Crippen LogP contribution in [-0.4, -0.2) is 28.0 Å². The molecule has 0 spiro atoms. The maximum Gasteiger partial charge on any atom is 0.282 e. The molecule has 0 unspecified atom stereocenters. The summed E-state index contributed by atoms with van der Waals surface area (Å²) in [6.45, 7) is 1.77. The van der Waals surface area contributed by atoms with Crippen LogP contribution in [0, 0.1) is 6.92 Å². The van der Waals surface area contributed by atoms with E-state index in [0.717, 1.165) is 22.2 Å². The maximum atomic E-state index is 12.9. The van der Waals surface area contributed by atoms with Gasteiger partial charge in [-0.3, -0.25) is 9.78 Å². The molecule has 0 atom stereocenters. The van der Waals surface area contributed by atoms with Crippen molar-refractivity contribution in [3.8, 4) is 5.75 Å². The fraction of sp³-hybridized carbons (Fsp3) is 0.100. The van der Waals surface area contributed by atoms with Crippen LogP contribution in [0.15, 0.2) is 64.6 Å². The highest BCUT2D eigenvalue weighted by Gasteiger charge is 2.10. The van der Waals surface area contributed by atoms with E-state index >= 15 is 0 Å². The number of methoxy groups -OCH3 is 1. The van der Waals surface area contributed by atoms with Crippen LogP contribution in [0.4, 0.5) is 0 Å². The van der Waals surface area contributed by atoms with Crippen LogP contribution in [0.3, 0.4) is 0 Å². The third-order valence-electron chi connectivity index (χ3n) is 4.20. The Morgan fingerprint density at radius 1 is 1.08 bits per heavy atom. The van der Waals surface area contributed by atoms with Crippen molar-refractivity contribution in [2.45, 2.75) is 6.92 Å². The number of hydrogen-bond acceptors (Lipinski definition) is 5. The van der Waals surface area contributed by atoms with Gasteiger partial charge in [-0.1, -0.05) is 0 Å². The van der Waals surface area contributed by atoms with E-state index in [-0.39, 0.29) is 5.56 Å². The van der Waals surface area contributed by atoms with Gasteiger partial charge in [0.1, 0.15) is 11.6 Å². The molecule has 0 saturated heterocycles. The van der Waals surface area contributed by atoms with E-state index in [4.69, 9.17) is 4.74 Å². The van der Waals surface area contributed by atoms with Crippen molar-refractivity contribution in [3.05, 3.63) is 76.5 Å². The molecule has 4 rings (SSSR count). The summed E-state index contributed by atoms with van der Waals surface area (Å²) in [4.78, 5) is 21.8. The zero-order chi connectivity index (χ0) is 18.1. The first-order chi connectivity index (χ1) is 12.7. The normalized spacial score (nSPS) is 11.5. The highest BCUT2D eigenvalue weighted by molar-refractivity contribution is 6.03. The predicted octanol–water partition coefficient (Wildman–Crippen LogP) is 3.14. The van der Waals surface area contributed by atoms with Crippen molar-refractivity contribution in [1.82, 2.24) is 14.6 Å². The van der Waals surface area contributed by atoms with Crippen molar-refractivity contribution in [3.63, 3.8) is 0 Å². The average molecular weight is 344 g/mol. The summed E-state index contributed by atoms with van der Waals surface area (Å²) in [6.07, 6.45) is 3.35. The summed E-state index contributed by atoms with van der Waals surface area (Å²) in [7, 11) is 1.62. The van der Waals surface area contributed by atoms with Crippen LogP contribution in [0.25, 0.3) is 21.8 Å². The molecular formula is C20H16N4O2. The topological polar surface area (TPSA) is 69.4 Å². The SMILES string of the molecule is COc1ccc(/C=N/n2c(C)nc3c(ccc4ncccc43)c2=O)cc1. The fourth-order valence-electron chi connectivity index (χ4n) is 2.85. The zero-order valence-electron chi connectivity index (χ0n) is 14.4. The summed E-state index contributed by atoms with van der Waals surface area (Å²) in [5.41, 5.74) is 2.11. The van der Waals surface area contributed by atoms with Gasteiger partial charge < -0.3 is 4.74 Å². The minimum Gasteiger partial charge on any atom is -0.497 e. The van der Waals surface area contributed by atoms with E-state index in [1.54, 1.807) is 32.5 Å². The number of rotatable bonds is 3. The van der Waals surface area contributed by atoms with Crippen LogP contribution < -0.4 is 10.3 Å². The molecule has 0 aliphatic heterocycles. The van der Waals surface area contributed by atoms with Crippen molar-refractivity contribution >= 4 is 28.0 Å². The molecule has 26 heavy (non-hydrogen) atoms. The molecule has 0 fully saturated rings. The lowest BCUT2D eigenvalue weighted by Crippen LogP contribution is -2.20. The molecule has 0 amide bonds. The van der Waals surface area contributed by atoms with Gasteiger partial charge in [-0.2, -0.15) is 9.78 Å². The minimum atomic E-state index is -0.206. The first kappa shape index (κ1) is 16.0. The van der Waals surface area contributed by atoms with Gasteiger partial charge in [-0.25, -0.2) is 4.98 Å². The second-order valence-electron chi connectivity index (χ2n) is 5.83. The largest absolute Gasteiger partial charge is 0.497 e. The Morgan fingerprint density at radius 3 is 2.65 bits per heavy atom. The molecule has 128 valence electrons. The van der Waals surface area contributed by atoms with E-state index in [0.29, 0.717) is 16.7 Å². The van der Waals surface area contributed by atoms with Crippen molar-refractivity contribution in [2.75, 3.05) is 7.11 Å². The second-order valence-corrected chi connectivity index (χ2v) is 5.83. The third-order valence-corrected chi connectivity index (χ3v) is 4.20. The Labute approximate surface area is 149 Å². The van der Waals surface area contributed by atoms with Crippen LogP contribution >= 0.6 is 0 Å². The average Bonchev–Trinajstić information content (AvgIpc) is 2.68. The van der Waals surface area contributed by atoms with Crippen LogP contribution in [0.2, 0.25) is 0 Å². The Bertz CT molecular complexity index is 1190. The number of nitrogens with zero attached hydrogens (tertiary/aromatic N) is 4. The van der Waals surface area contributed by atoms with Crippen LogP contribution in [-0.2, 0) is 0 Å². The molecule has 0 aliphatic rings. The first-order valence-electron chi connectivity index (χ1n) is 8.13. The molecular weight excluding hydrogens is 328 g/mol. The molecule has 2 aromatic carbocycles. The fourth-order valence-corrected chi connectivity index (χ4v) is 2.85. The zero-order valence-corrected chi connectivity index (χ0v) is 14.4. The minimum absolute atomic E-state index is 0.206. The second kappa shape index (κ2) is 6.40. The molecule has 0 bridgehead atoms. The monoisotopic (exact) mass is 344 g/mol. The molecule has 2 heterocycles. The quantitative estimate of drug-likeness (QED) is 0.423. The highest BCUT2D eigenvalue weighted by Crippen LogP contribution is 2.20. The third kappa shape index (κ3) is 2.71. The van der Waals surface area contributed by atoms with Gasteiger partial charge in [0.25, 0.3) is 5.56 Å². The van der Waals surface area contributed by atoms with Gasteiger partial charge in [0, 0.05) is 11.6 Å². The van der Waals surface area contributed by atoms with Crippen molar-refractivity contribution < 1.29 is 4.74 Å². The number of pyridine rings is 1. The summed E-state index contributed by atoms with van der Waals surface area (Å²) >= 11 is 0. The lowest BCUT2D eigenvalue weighted by Gasteiger charge is -2.07. The lowest BCUT2D eigenvalue weighted by atomic mass is 10.1. The number of aromatic nitrogens is 3. The van der Waals surface area contributed by atoms with E-state index < -0.39 is 0 Å². The number of aryl methyl sites for hydroxylation is 1. The smallest absolute Gasteiger partial charge is 0.282 e. The molecule has 0 N–H and O–H groups in total. The molecule has 6 nitrogen and oxygen atoms in total. The summed E-state index contributed by atoms with van der Waals surface area (Å²) < 4.78 is 6.45. The number of hydrogen-bond donors (Lipinski definition) is 0. The predicted molar refractivity (Wildman–Crippen MR) is 102 cm³/mol. The van der Waals surface area contributed by atoms with Gasteiger partial charge in [-0.15, -0.1) is 0 Å². The van der Waals surface area contributed by atoms with E-state index in [2.05, 4.69) is 15.1 Å². The number of ether oxygens (including phenoxy) is 1. The van der Waals surface area contributed by atoms with Crippen LogP contribution in [0.1, 0.15) is 11.4 Å². The van der Waals surface area contributed by atoms with E-state index in [9.17, 15) is 4.79 Å². The Hall–Kier alpha value is -3.54. The maximum absolute atomic E-state index is 12.9. The summed E-state index contributed by atoms with van der Waals surface area (Å²) in [5.74, 6) is 1.28. The standard InChI is InChI=1S/C20H16N4O2/c1-13-23-19-16-4-3-11-21-18(16)10-9-17(19)20(25)24(13)22-12-14-5-7-15(26-2)8-6-14/h3-12H,1-2H3/b22-12+. The van der Waals surface area contributed by atoms with Gasteiger partial charge >= 0.3 is 0 Å². The molecule has 4 aromatic rings. The molecule has 2 aromatic heterocycles. The lowest BCUT2D eigenvalue weighted by molar-refractivity contribution is 0.415. The Kier molecular flexibility index (Phi) is 3.93. The number of benzene rings is 2. The Morgan fingerprint density at radius 2 is 1.88 bits per heavy atom. The number of fused-ring (bicyclic) bond motifs is 3. The van der Waals surface area contributed by atoms with E-state index in [1.165, 1.54) is 4.68 Å². The van der Waals surface area contributed by atoms with Crippen molar-refractivity contribution in [1.29, 1.82) is 0 Å². The molecule has 0 radical (unpaired) electrons. The van der Waals surface area contributed by atoms with Crippen molar-refractivity contribution in [2.24, 2.45) is 5.10 Å². The van der Waals surface area contributed by atoms with Gasteiger partial charge in [-0.05, 0) is 61.0 Å². The van der Waals surface area contributed by atoms with Gasteiger partial charge in [0.2, 0.25) is 0 Å². The van der Waals surface area contributed by atoms with Gasteiger partial charge in [0.05, 0.1) is 29.7 Å². The van der Waals surface area contributed by atoms with Gasteiger partial charge in [0.15, 0.2) is 0 Å². The Balaban J connectivity index is 1.83. The first-order valence-corrected chi connectivity index (χ1v) is 8.13. The summed E-state index contributed by atoms with van der Waals surface area (Å²) in [5, 5.41) is 5.70. The van der Waals surface area contributed by atoms with E-state index in [1.807, 2.05) is 42.5 Å².